The van der Waals surface area contributed by atoms with Crippen LogP contribution in [-0.4, -0.2) is 35.6 Å². The highest BCUT2D eigenvalue weighted by molar-refractivity contribution is 8.00. The Kier molecular flexibility index (Phi) is 6.46. The van der Waals surface area contributed by atoms with Crippen LogP contribution in [0.2, 0.25) is 0 Å². The highest BCUT2D eigenvalue weighted by Crippen LogP contribution is 2.39. The van der Waals surface area contributed by atoms with Crippen LogP contribution in [0.4, 0.5) is 11.4 Å². The van der Waals surface area contributed by atoms with Crippen LogP contribution in [0.1, 0.15) is 18.1 Å². The van der Waals surface area contributed by atoms with Gasteiger partial charge in [-0.1, -0.05) is 48.2 Å². The number of nitrogens with zero attached hydrogens (tertiary/aromatic N) is 3. The summed E-state index contributed by atoms with van der Waals surface area (Å²) < 4.78 is 16.6. The molecule has 0 fully saturated rings. The second kappa shape index (κ2) is 9.84. The van der Waals surface area contributed by atoms with Gasteiger partial charge in [-0.05, 0) is 55.2 Å². The predicted octanol–water partition coefficient (Wildman–Crippen LogP) is 5.70. The summed E-state index contributed by atoms with van der Waals surface area (Å²) in [5, 5.41) is 8.21. The van der Waals surface area contributed by atoms with Crippen molar-refractivity contribution in [2.75, 3.05) is 19.1 Å². The van der Waals surface area contributed by atoms with Gasteiger partial charge in [0.2, 0.25) is 5.91 Å². The molecule has 0 saturated heterocycles. The summed E-state index contributed by atoms with van der Waals surface area (Å²) in [6.45, 7) is 1.86. The van der Waals surface area contributed by atoms with E-state index in [1.165, 1.54) is 11.8 Å². The number of para-hydroxylation sites is 2. The Bertz CT molecular complexity index is 1320. The van der Waals surface area contributed by atoms with Crippen LogP contribution in [-0.2, 0) is 17.6 Å². The SMILES string of the molecule is COc1ccc(-c2nnc(S[C@@H](C)C(=O)N3c4ccccc4CCc4ccccc43)o2)c(OC)c1. The van der Waals surface area contributed by atoms with Crippen LogP contribution in [0.25, 0.3) is 11.5 Å². The predicted molar refractivity (Wildman–Crippen MR) is 136 cm³/mol. The number of rotatable bonds is 6. The number of amides is 1. The van der Waals surface area contributed by atoms with E-state index < -0.39 is 5.25 Å². The molecule has 178 valence electrons. The topological polar surface area (TPSA) is 77.7 Å². The van der Waals surface area contributed by atoms with E-state index in [9.17, 15) is 4.79 Å². The number of fused-ring (bicyclic) bond motifs is 2. The molecule has 1 aliphatic heterocycles. The van der Waals surface area contributed by atoms with Gasteiger partial charge in [0.05, 0.1) is 36.4 Å². The van der Waals surface area contributed by atoms with Crippen molar-refractivity contribution < 1.29 is 18.7 Å². The first kappa shape index (κ1) is 23.0. The van der Waals surface area contributed by atoms with E-state index in [2.05, 4.69) is 22.3 Å². The van der Waals surface area contributed by atoms with Gasteiger partial charge in [-0.2, -0.15) is 0 Å². The first-order chi connectivity index (χ1) is 17.1. The number of carbonyl (C=O) groups excluding carboxylic acids is 1. The van der Waals surface area contributed by atoms with Crippen molar-refractivity contribution in [2.24, 2.45) is 0 Å². The molecular formula is C27H25N3O4S. The molecule has 0 aliphatic carbocycles. The van der Waals surface area contributed by atoms with Crippen molar-refractivity contribution in [1.29, 1.82) is 0 Å². The number of aryl methyl sites for hydroxylation is 2. The third kappa shape index (κ3) is 4.49. The molecule has 0 radical (unpaired) electrons. The van der Waals surface area contributed by atoms with Gasteiger partial charge in [0.15, 0.2) is 0 Å². The summed E-state index contributed by atoms with van der Waals surface area (Å²) in [5.41, 5.74) is 4.80. The fraction of sp³-hybridized carbons (Fsp3) is 0.222. The summed E-state index contributed by atoms with van der Waals surface area (Å²) in [6.07, 6.45) is 1.77. The van der Waals surface area contributed by atoms with Crippen molar-refractivity contribution in [3.05, 3.63) is 77.9 Å². The lowest BCUT2D eigenvalue weighted by molar-refractivity contribution is -0.117. The van der Waals surface area contributed by atoms with Crippen LogP contribution in [0, 0.1) is 0 Å². The highest BCUT2D eigenvalue weighted by Gasteiger charge is 2.30. The van der Waals surface area contributed by atoms with Crippen LogP contribution in [0.5, 0.6) is 11.5 Å². The minimum Gasteiger partial charge on any atom is -0.497 e. The largest absolute Gasteiger partial charge is 0.497 e. The normalized spacial score (nSPS) is 13.4. The number of aromatic nitrogens is 2. The lowest BCUT2D eigenvalue weighted by atomic mass is 10.0. The average Bonchev–Trinajstić information content (AvgIpc) is 3.29. The molecular weight excluding hydrogens is 462 g/mol. The number of hydrogen-bond acceptors (Lipinski definition) is 7. The van der Waals surface area contributed by atoms with E-state index >= 15 is 0 Å². The first-order valence-corrected chi connectivity index (χ1v) is 12.2. The summed E-state index contributed by atoms with van der Waals surface area (Å²) in [5.74, 6) is 1.50. The summed E-state index contributed by atoms with van der Waals surface area (Å²) in [7, 11) is 3.16. The third-order valence-corrected chi connectivity index (χ3v) is 6.94. The fourth-order valence-electron chi connectivity index (χ4n) is 4.24. The molecule has 1 atom stereocenters. The molecule has 0 saturated carbocycles. The molecule has 1 amide bonds. The second-order valence-corrected chi connectivity index (χ2v) is 9.42. The van der Waals surface area contributed by atoms with E-state index in [1.807, 2.05) is 48.2 Å². The molecule has 7 nitrogen and oxygen atoms in total. The Hall–Kier alpha value is -3.78. The Morgan fingerprint density at radius 2 is 1.60 bits per heavy atom. The minimum atomic E-state index is -0.458. The van der Waals surface area contributed by atoms with Crippen molar-refractivity contribution >= 4 is 29.0 Å². The van der Waals surface area contributed by atoms with Gasteiger partial charge in [0, 0.05) is 6.07 Å². The fourth-order valence-corrected chi connectivity index (χ4v) is 4.97. The Balaban J connectivity index is 1.42. The maximum atomic E-state index is 13.8. The summed E-state index contributed by atoms with van der Waals surface area (Å²) >= 11 is 1.24. The van der Waals surface area contributed by atoms with Gasteiger partial charge >= 0.3 is 0 Å². The lowest BCUT2D eigenvalue weighted by Crippen LogP contribution is -2.33. The van der Waals surface area contributed by atoms with Gasteiger partial charge in [0.1, 0.15) is 11.5 Å². The zero-order chi connectivity index (χ0) is 24.4. The second-order valence-electron chi connectivity index (χ2n) is 8.13. The molecule has 8 heteroatoms. The average molecular weight is 488 g/mol. The number of anilines is 2. The van der Waals surface area contributed by atoms with Crippen molar-refractivity contribution in [2.45, 2.75) is 30.2 Å². The minimum absolute atomic E-state index is 0.0430. The number of ether oxygens (including phenoxy) is 2. The Morgan fingerprint density at radius 3 is 2.23 bits per heavy atom. The Labute approximate surface area is 208 Å². The highest BCUT2D eigenvalue weighted by atomic mass is 32.2. The maximum absolute atomic E-state index is 13.8. The molecule has 4 aromatic rings. The van der Waals surface area contributed by atoms with Gasteiger partial charge in [-0.3, -0.25) is 9.69 Å². The van der Waals surface area contributed by atoms with Crippen molar-refractivity contribution in [3.63, 3.8) is 0 Å². The molecule has 1 aromatic heterocycles. The molecule has 1 aliphatic rings. The van der Waals surface area contributed by atoms with Crippen LogP contribution in [0.3, 0.4) is 0 Å². The van der Waals surface area contributed by atoms with E-state index in [0.717, 1.165) is 35.3 Å². The summed E-state index contributed by atoms with van der Waals surface area (Å²) in [6, 6.07) is 21.5. The van der Waals surface area contributed by atoms with Crippen LogP contribution in [0.15, 0.2) is 76.4 Å². The molecule has 0 N–H and O–H groups in total. The van der Waals surface area contributed by atoms with Crippen LogP contribution < -0.4 is 14.4 Å². The molecule has 35 heavy (non-hydrogen) atoms. The smallest absolute Gasteiger partial charge is 0.277 e. The first-order valence-electron chi connectivity index (χ1n) is 11.3. The Morgan fingerprint density at radius 1 is 0.943 bits per heavy atom. The van der Waals surface area contributed by atoms with E-state index in [-0.39, 0.29) is 5.91 Å². The molecule has 0 unspecified atom stereocenters. The quantitative estimate of drug-likeness (QED) is 0.323. The van der Waals surface area contributed by atoms with E-state index in [4.69, 9.17) is 13.9 Å². The molecule has 5 rings (SSSR count). The van der Waals surface area contributed by atoms with Crippen molar-refractivity contribution in [3.8, 4) is 23.0 Å². The molecule has 0 bridgehead atoms. The van der Waals surface area contributed by atoms with Crippen LogP contribution >= 0.6 is 11.8 Å². The zero-order valence-electron chi connectivity index (χ0n) is 19.7. The monoisotopic (exact) mass is 487 g/mol. The van der Waals surface area contributed by atoms with Gasteiger partial charge in [0.25, 0.3) is 11.1 Å². The third-order valence-electron chi connectivity index (χ3n) is 6.02. The molecule has 3 aromatic carbocycles. The summed E-state index contributed by atoms with van der Waals surface area (Å²) in [4.78, 5) is 15.6. The molecule has 0 spiro atoms. The standard InChI is InChI=1S/C27H25N3O4S/c1-17(35-27-29-28-25(34-27)21-15-14-20(32-2)16-24(21)33-3)26(31)30-22-10-6-4-8-18(22)12-13-19-9-5-7-11-23(19)30/h4-11,14-17H,12-13H2,1-3H3/t17-/m0/s1. The molecule has 2 heterocycles. The van der Waals surface area contributed by atoms with Gasteiger partial charge in [-0.25, -0.2) is 0 Å². The number of carbonyl (C=O) groups is 1. The maximum Gasteiger partial charge on any atom is 0.277 e. The van der Waals surface area contributed by atoms with E-state index in [0.29, 0.717) is 28.2 Å². The zero-order valence-corrected chi connectivity index (χ0v) is 20.5. The lowest BCUT2D eigenvalue weighted by Gasteiger charge is -2.27. The number of hydrogen-bond donors (Lipinski definition) is 0. The van der Waals surface area contributed by atoms with Gasteiger partial charge in [-0.15, -0.1) is 10.2 Å². The van der Waals surface area contributed by atoms with Crippen molar-refractivity contribution in [1.82, 2.24) is 10.2 Å². The van der Waals surface area contributed by atoms with Gasteiger partial charge < -0.3 is 13.9 Å². The number of methoxy groups -OCH3 is 2. The number of benzene rings is 3. The van der Waals surface area contributed by atoms with E-state index in [1.54, 1.807) is 32.4 Å². The number of thioether (sulfide) groups is 1.